The first kappa shape index (κ1) is 17.0. The second-order valence-electron chi connectivity index (χ2n) is 8.38. The molecule has 0 bridgehead atoms. The summed E-state index contributed by atoms with van der Waals surface area (Å²) in [6.07, 6.45) is 6.40. The van der Waals surface area contributed by atoms with Crippen LogP contribution in [0.2, 0.25) is 0 Å². The van der Waals surface area contributed by atoms with Gasteiger partial charge < -0.3 is 4.90 Å². The first-order valence-electron chi connectivity index (χ1n) is 8.94. The summed E-state index contributed by atoms with van der Waals surface area (Å²) in [5.41, 5.74) is 1.90. The SMILES string of the molecule is CC1=CCN(C(C)(C)CC(C)C2CCN(C(C)C)C2)CC1. The Morgan fingerprint density at radius 1 is 1.24 bits per heavy atom. The van der Waals surface area contributed by atoms with E-state index >= 15 is 0 Å². The normalized spacial score (nSPS) is 27.2. The van der Waals surface area contributed by atoms with E-state index in [1.54, 1.807) is 5.57 Å². The van der Waals surface area contributed by atoms with E-state index in [0.29, 0.717) is 11.6 Å². The maximum atomic E-state index is 2.69. The van der Waals surface area contributed by atoms with Gasteiger partial charge in [0.25, 0.3) is 0 Å². The van der Waals surface area contributed by atoms with Gasteiger partial charge >= 0.3 is 0 Å². The van der Waals surface area contributed by atoms with E-state index in [9.17, 15) is 0 Å². The molecule has 0 aliphatic carbocycles. The van der Waals surface area contributed by atoms with Gasteiger partial charge in [-0.3, -0.25) is 4.90 Å². The summed E-state index contributed by atoms with van der Waals surface area (Å²) < 4.78 is 0. The van der Waals surface area contributed by atoms with Crippen LogP contribution >= 0.6 is 0 Å². The molecule has 0 N–H and O–H groups in total. The van der Waals surface area contributed by atoms with E-state index in [-0.39, 0.29) is 0 Å². The van der Waals surface area contributed by atoms with Crippen LogP contribution in [-0.2, 0) is 0 Å². The van der Waals surface area contributed by atoms with Gasteiger partial charge in [0.05, 0.1) is 0 Å². The Morgan fingerprint density at radius 3 is 2.48 bits per heavy atom. The van der Waals surface area contributed by atoms with Crippen LogP contribution < -0.4 is 0 Å². The molecule has 0 spiro atoms. The van der Waals surface area contributed by atoms with Gasteiger partial charge in [-0.1, -0.05) is 18.6 Å². The topological polar surface area (TPSA) is 6.48 Å². The van der Waals surface area contributed by atoms with Crippen LogP contribution in [0, 0.1) is 11.8 Å². The lowest BCUT2D eigenvalue weighted by molar-refractivity contribution is 0.0927. The smallest absolute Gasteiger partial charge is 0.0171 e. The first-order chi connectivity index (χ1) is 9.79. The quantitative estimate of drug-likeness (QED) is 0.702. The maximum Gasteiger partial charge on any atom is 0.0171 e. The molecule has 122 valence electrons. The summed E-state index contributed by atoms with van der Waals surface area (Å²) in [5.74, 6) is 1.73. The second kappa shape index (κ2) is 6.83. The van der Waals surface area contributed by atoms with E-state index < -0.39 is 0 Å². The molecule has 2 heteroatoms. The second-order valence-corrected chi connectivity index (χ2v) is 8.38. The fourth-order valence-corrected chi connectivity index (χ4v) is 4.15. The number of nitrogens with zero attached hydrogens (tertiary/aromatic N) is 2. The van der Waals surface area contributed by atoms with Gasteiger partial charge in [0.2, 0.25) is 0 Å². The zero-order chi connectivity index (χ0) is 15.6. The molecule has 2 unspecified atom stereocenters. The van der Waals surface area contributed by atoms with Crippen molar-refractivity contribution >= 4 is 0 Å². The summed E-state index contributed by atoms with van der Waals surface area (Å²) in [4.78, 5) is 5.34. The molecule has 0 aromatic carbocycles. The molecule has 0 amide bonds. The van der Waals surface area contributed by atoms with Crippen molar-refractivity contribution in [2.24, 2.45) is 11.8 Å². The van der Waals surface area contributed by atoms with Crippen molar-refractivity contribution in [1.29, 1.82) is 0 Å². The number of likely N-dealkylation sites (tertiary alicyclic amines) is 1. The van der Waals surface area contributed by atoms with Gasteiger partial charge in [-0.15, -0.1) is 0 Å². The lowest BCUT2D eigenvalue weighted by Crippen LogP contribution is -2.47. The van der Waals surface area contributed by atoms with Gasteiger partial charge in [0.15, 0.2) is 0 Å². The predicted molar refractivity (Wildman–Crippen MR) is 92.6 cm³/mol. The molecule has 0 saturated carbocycles. The van der Waals surface area contributed by atoms with Crippen molar-refractivity contribution in [2.45, 2.75) is 72.4 Å². The van der Waals surface area contributed by atoms with Crippen LogP contribution in [0.4, 0.5) is 0 Å². The lowest BCUT2D eigenvalue weighted by Gasteiger charge is -2.42. The van der Waals surface area contributed by atoms with Crippen LogP contribution in [0.25, 0.3) is 0 Å². The van der Waals surface area contributed by atoms with Crippen LogP contribution in [0.1, 0.15) is 60.8 Å². The minimum absolute atomic E-state index is 0.335. The molecule has 2 atom stereocenters. The summed E-state index contributed by atoms with van der Waals surface area (Å²) >= 11 is 0. The van der Waals surface area contributed by atoms with E-state index in [1.165, 1.54) is 38.9 Å². The number of rotatable bonds is 5. The third-order valence-electron chi connectivity index (χ3n) is 5.90. The van der Waals surface area contributed by atoms with E-state index in [2.05, 4.69) is 57.4 Å². The first-order valence-corrected chi connectivity index (χ1v) is 8.94. The highest BCUT2D eigenvalue weighted by Crippen LogP contribution is 2.34. The van der Waals surface area contributed by atoms with Gasteiger partial charge in [0.1, 0.15) is 0 Å². The molecular weight excluding hydrogens is 256 g/mol. The van der Waals surface area contributed by atoms with Crippen LogP contribution in [0.3, 0.4) is 0 Å². The Morgan fingerprint density at radius 2 is 1.95 bits per heavy atom. The Balaban J connectivity index is 1.88. The Kier molecular flexibility index (Phi) is 5.54. The number of hydrogen-bond acceptors (Lipinski definition) is 2. The fourth-order valence-electron chi connectivity index (χ4n) is 4.15. The van der Waals surface area contributed by atoms with Crippen molar-refractivity contribution in [1.82, 2.24) is 9.80 Å². The van der Waals surface area contributed by atoms with Crippen molar-refractivity contribution < 1.29 is 0 Å². The highest BCUT2D eigenvalue weighted by Gasteiger charge is 2.34. The lowest BCUT2D eigenvalue weighted by atomic mass is 9.81. The van der Waals surface area contributed by atoms with Gasteiger partial charge in [-0.05, 0) is 72.3 Å². The minimum Gasteiger partial charge on any atom is -0.301 e. The predicted octanol–water partition coefficient (Wildman–Crippen LogP) is 4.17. The monoisotopic (exact) mass is 292 g/mol. The van der Waals surface area contributed by atoms with Crippen LogP contribution in [0.5, 0.6) is 0 Å². The van der Waals surface area contributed by atoms with Crippen molar-refractivity contribution in [3.63, 3.8) is 0 Å². The zero-order valence-electron chi connectivity index (χ0n) is 15.2. The molecule has 2 heterocycles. The standard InChI is InChI=1S/C19H36N2/c1-15(2)20-10-9-18(14-20)17(4)13-19(5,6)21-11-7-16(3)8-12-21/h7,15,17-18H,8-14H2,1-6H3. The summed E-state index contributed by atoms with van der Waals surface area (Å²) in [6, 6.07) is 0.713. The van der Waals surface area contributed by atoms with Gasteiger partial charge in [0, 0.05) is 31.2 Å². The largest absolute Gasteiger partial charge is 0.301 e. The zero-order valence-corrected chi connectivity index (χ0v) is 15.2. The van der Waals surface area contributed by atoms with Crippen LogP contribution in [0.15, 0.2) is 11.6 Å². The number of hydrogen-bond donors (Lipinski definition) is 0. The van der Waals surface area contributed by atoms with Gasteiger partial charge in [-0.2, -0.15) is 0 Å². The molecule has 0 radical (unpaired) electrons. The average molecular weight is 293 g/mol. The Hall–Kier alpha value is -0.340. The van der Waals surface area contributed by atoms with E-state index in [0.717, 1.165) is 18.4 Å². The van der Waals surface area contributed by atoms with Gasteiger partial charge in [-0.25, -0.2) is 0 Å². The Labute approximate surface area is 132 Å². The summed E-state index contributed by atoms with van der Waals surface area (Å²) in [6.45, 7) is 19.3. The molecule has 2 nitrogen and oxygen atoms in total. The molecule has 2 aliphatic rings. The minimum atomic E-state index is 0.335. The molecule has 2 aliphatic heterocycles. The molecular formula is C19H36N2. The van der Waals surface area contributed by atoms with E-state index in [1.807, 2.05) is 0 Å². The summed E-state index contributed by atoms with van der Waals surface area (Å²) in [7, 11) is 0. The molecule has 0 aromatic heterocycles. The van der Waals surface area contributed by atoms with Crippen molar-refractivity contribution in [2.75, 3.05) is 26.2 Å². The third-order valence-corrected chi connectivity index (χ3v) is 5.90. The van der Waals surface area contributed by atoms with E-state index in [4.69, 9.17) is 0 Å². The third kappa shape index (κ3) is 4.32. The molecule has 0 aromatic rings. The average Bonchev–Trinajstić information content (AvgIpc) is 2.88. The summed E-state index contributed by atoms with van der Waals surface area (Å²) in [5, 5.41) is 0. The van der Waals surface area contributed by atoms with Crippen LogP contribution in [-0.4, -0.2) is 47.6 Å². The molecule has 1 fully saturated rings. The molecule has 21 heavy (non-hydrogen) atoms. The maximum absolute atomic E-state index is 2.69. The molecule has 1 saturated heterocycles. The van der Waals surface area contributed by atoms with Crippen molar-refractivity contribution in [3.05, 3.63) is 11.6 Å². The fraction of sp³-hybridized carbons (Fsp3) is 0.895. The van der Waals surface area contributed by atoms with Crippen molar-refractivity contribution in [3.8, 4) is 0 Å². The highest BCUT2D eigenvalue weighted by atomic mass is 15.2. The molecule has 2 rings (SSSR count). The highest BCUT2D eigenvalue weighted by molar-refractivity contribution is 5.06. The Bertz CT molecular complexity index is 370.